The molecule has 0 radical (unpaired) electrons. The first kappa shape index (κ1) is 19.3. The molecule has 7 nitrogen and oxygen atoms in total. The van der Waals surface area contributed by atoms with E-state index in [1.54, 1.807) is 49.6 Å². The monoisotopic (exact) mass is 404 g/mol. The number of aliphatic carboxylic acids is 1. The summed E-state index contributed by atoms with van der Waals surface area (Å²) in [6.45, 7) is 0. The third-order valence-corrected chi connectivity index (χ3v) is 4.86. The Morgan fingerprint density at radius 3 is 2.30 bits per heavy atom. The van der Waals surface area contributed by atoms with E-state index in [1.165, 1.54) is 4.90 Å². The topological polar surface area (TPSA) is 88.1 Å². The van der Waals surface area contributed by atoms with Crippen molar-refractivity contribution in [3.63, 3.8) is 0 Å². The lowest BCUT2D eigenvalue weighted by atomic mass is 10.1. The number of nitrogens with one attached hydrogen (secondary N) is 1. The molecule has 7 heteroatoms. The summed E-state index contributed by atoms with van der Waals surface area (Å²) in [5, 5.41) is 12.4. The van der Waals surface area contributed by atoms with Gasteiger partial charge in [0.05, 0.1) is 7.11 Å². The van der Waals surface area contributed by atoms with Crippen LogP contribution in [0.5, 0.6) is 17.2 Å². The van der Waals surface area contributed by atoms with Crippen LogP contribution < -0.4 is 19.7 Å². The number of carbonyl (C=O) groups is 2. The fraction of sp³-hybridized carbons (Fsp3) is 0.130. The van der Waals surface area contributed by atoms with Gasteiger partial charge in [-0.25, -0.2) is 9.59 Å². The maximum absolute atomic E-state index is 12.9. The van der Waals surface area contributed by atoms with E-state index >= 15 is 0 Å². The van der Waals surface area contributed by atoms with Gasteiger partial charge in [-0.05, 0) is 60.2 Å². The van der Waals surface area contributed by atoms with Crippen molar-refractivity contribution < 1.29 is 24.2 Å². The standard InChI is InChI=1S/C23H20N2O5/c1-29-19-11-12-20-15(13-19)14-21(22(26)27)25(20)23(28)24-16-7-9-18(10-8-16)30-17-5-3-2-4-6-17/h2-13,21H,14H2,1H3,(H,24,28)(H,26,27). The molecule has 2 amide bonds. The Labute approximate surface area is 173 Å². The highest BCUT2D eigenvalue weighted by molar-refractivity contribution is 6.07. The van der Waals surface area contributed by atoms with Crippen molar-refractivity contribution in [2.75, 3.05) is 17.3 Å². The first-order valence-electron chi connectivity index (χ1n) is 9.38. The predicted molar refractivity (Wildman–Crippen MR) is 113 cm³/mol. The van der Waals surface area contributed by atoms with Gasteiger partial charge in [-0.15, -0.1) is 0 Å². The smallest absolute Gasteiger partial charge is 0.327 e. The van der Waals surface area contributed by atoms with Crippen LogP contribution in [0.3, 0.4) is 0 Å². The molecule has 1 unspecified atom stereocenters. The number of carboxylic acids is 1. The van der Waals surface area contributed by atoms with Crippen molar-refractivity contribution in [2.45, 2.75) is 12.5 Å². The molecule has 0 saturated carbocycles. The summed E-state index contributed by atoms with van der Waals surface area (Å²) in [4.78, 5) is 25.9. The summed E-state index contributed by atoms with van der Waals surface area (Å²) in [5.41, 5.74) is 1.85. The van der Waals surface area contributed by atoms with Crippen molar-refractivity contribution >= 4 is 23.4 Å². The molecular formula is C23H20N2O5. The molecule has 0 aromatic heterocycles. The lowest BCUT2D eigenvalue weighted by Crippen LogP contribution is -2.45. The van der Waals surface area contributed by atoms with Crippen LogP contribution in [0.15, 0.2) is 72.8 Å². The third kappa shape index (κ3) is 3.91. The maximum Gasteiger partial charge on any atom is 0.327 e. The number of rotatable bonds is 5. The molecule has 0 aliphatic carbocycles. The second kappa shape index (κ2) is 8.16. The average molecular weight is 404 g/mol. The van der Waals surface area contributed by atoms with E-state index in [2.05, 4.69) is 5.32 Å². The van der Waals surface area contributed by atoms with Crippen LogP contribution in [0.2, 0.25) is 0 Å². The minimum atomic E-state index is -1.06. The Kier molecular flexibility index (Phi) is 5.26. The number of anilines is 2. The van der Waals surface area contributed by atoms with Gasteiger partial charge < -0.3 is 19.9 Å². The Hall–Kier alpha value is -4.00. The summed E-state index contributed by atoms with van der Waals surface area (Å²) in [7, 11) is 1.54. The van der Waals surface area contributed by atoms with Gasteiger partial charge in [0.1, 0.15) is 23.3 Å². The molecule has 1 atom stereocenters. The number of hydrogen-bond acceptors (Lipinski definition) is 4. The molecule has 1 aliphatic heterocycles. The fourth-order valence-electron chi connectivity index (χ4n) is 3.42. The SMILES string of the molecule is COc1ccc2c(c1)CC(C(=O)O)N2C(=O)Nc1ccc(Oc2ccccc2)cc1. The number of ether oxygens (including phenoxy) is 2. The second-order valence-corrected chi connectivity index (χ2v) is 6.79. The largest absolute Gasteiger partial charge is 0.497 e. The number of urea groups is 1. The average Bonchev–Trinajstić information content (AvgIpc) is 3.15. The van der Waals surface area contributed by atoms with E-state index in [0.717, 1.165) is 5.56 Å². The lowest BCUT2D eigenvalue weighted by Gasteiger charge is -2.23. The van der Waals surface area contributed by atoms with Gasteiger partial charge in [0.15, 0.2) is 0 Å². The molecule has 0 fully saturated rings. The van der Waals surface area contributed by atoms with Gasteiger partial charge >= 0.3 is 12.0 Å². The molecule has 1 aliphatic rings. The molecule has 3 aromatic rings. The predicted octanol–water partition coefficient (Wildman–Crippen LogP) is 4.54. The second-order valence-electron chi connectivity index (χ2n) is 6.79. The van der Waals surface area contributed by atoms with E-state index in [4.69, 9.17) is 9.47 Å². The zero-order chi connectivity index (χ0) is 21.1. The Bertz CT molecular complexity index is 1070. The number of fused-ring (bicyclic) bond motifs is 1. The van der Waals surface area contributed by atoms with E-state index in [0.29, 0.717) is 28.6 Å². The number of nitrogens with zero attached hydrogens (tertiary/aromatic N) is 1. The van der Waals surface area contributed by atoms with Gasteiger partial charge in [0.25, 0.3) is 0 Å². The van der Waals surface area contributed by atoms with Crippen LogP contribution in [0.4, 0.5) is 16.2 Å². The van der Waals surface area contributed by atoms with Gasteiger partial charge in [-0.3, -0.25) is 4.90 Å². The van der Waals surface area contributed by atoms with Crippen LogP contribution in [0.25, 0.3) is 0 Å². The van der Waals surface area contributed by atoms with Crippen molar-refractivity contribution in [3.8, 4) is 17.2 Å². The van der Waals surface area contributed by atoms with Gasteiger partial charge in [-0.1, -0.05) is 18.2 Å². The molecule has 1 heterocycles. The zero-order valence-electron chi connectivity index (χ0n) is 16.2. The van der Waals surface area contributed by atoms with Crippen molar-refractivity contribution in [1.29, 1.82) is 0 Å². The van der Waals surface area contributed by atoms with Crippen LogP contribution in [-0.2, 0) is 11.2 Å². The number of methoxy groups -OCH3 is 1. The number of carboxylic acid groups (broad SMARTS) is 1. The van der Waals surface area contributed by atoms with E-state index in [1.807, 2.05) is 30.3 Å². The zero-order valence-corrected chi connectivity index (χ0v) is 16.2. The number of hydrogen-bond donors (Lipinski definition) is 2. The van der Waals surface area contributed by atoms with Gasteiger partial charge in [-0.2, -0.15) is 0 Å². The highest BCUT2D eigenvalue weighted by Crippen LogP contribution is 2.35. The Morgan fingerprint density at radius 2 is 1.63 bits per heavy atom. The first-order chi connectivity index (χ1) is 14.5. The summed E-state index contributed by atoms with van der Waals surface area (Å²) >= 11 is 0. The first-order valence-corrected chi connectivity index (χ1v) is 9.38. The minimum absolute atomic E-state index is 0.221. The van der Waals surface area contributed by atoms with Crippen LogP contribution in [0, 0.1) is 0 Å². The van der Waals surface area contributed by atoms with Crippen LogP contribution >= 0.6 is 0 Å². The number of para-hydroxylation sites is 1. The summed E-state index contributed by atoms with van der Waals surface area (Å²) in [6.07, 6.45) is 0.221. The van der Waals surface area contributed by atoms with Gasteiger partial charge in [0, 0.05) is 17.8 Å². The van der Waals surface area contributed by atoms with E-state index < -0.39 is 18.0 Å². The number of carbonyl (C=O) groups excluding carboxylic acids is 1. The molecule has 0 saturated heterocycles. The normalized spacial score (nSPS) is 14.7. The highest BCUT2D eigenvalue weighted by atomic mass is 16.5. The summed E-state index contributed by atoms with van der Waals surface area (Å²) < 4.78 is 10.9. The Morgan fingerprint density at radius 1 is 0.967 bits per heavy atom. The molecule has 4 rings (SSSR count). The number of benzene rings is 3. The molecular weight excluding hydrogens is 384 g/mol. The summed E-state index contributed by atoms with van der Waals surface area (Å²) in [6, 6.07) is 19.9. The summed E-state index contributed by atoms with van der Waals surface area (Å²) in [5.74, 6) is 0.894. The highest BCUT2D eigenvalue weighted by Gasteiger charge is 2.38. The van der Waals surface area contributed by atoms with E-state index in [-0.39, 0.29) is 6.42 Å². The fourth-order valence-corrected chi connectivity index (χ4v) is 3.42. The molecule has 30 heavy (non-hydrogen) atoms. The molecule has 0 bridgehead atoms. The lowest BCUT2D eigenvalue weighted by molar-refractivity contribution is -0.138. The van der Waals surface area contributed by atoms with Gasteiger partial charge in [0.2, 0.25) is 0 Å². The Balaban J connectivity index is 1.50. The van der Waals surface area contributed by atoms with E-state index in [9.17, 15) is 14.7 Å². The molecule has 152 valence electrons. The molecule has 2 N–H and O–H groups in total. The molecule has 3 aromatic carbocycles. The number of amides is 2. The quantitative estimate of drug-likeness (QED) is 0.652. The van der Waals surface area contributed by atoms with Crippen molar-refractivity contribution in [1.82, 2.24) is 0 Å². The van der Waals surface area contributed by atoms with Crippen molar-refractivity contribution in [3.05, 3.63) is 78.4 Å². The van der Waals surface area contributed by atoms with Crippen LogP contribution in [-0.4, -0.2) is 30.3 Å². The maximum atomic E-state index is 12.9. The van der Waals surface area contributed by atoms with Crippen molar-refractivity contribution in [2.24, 2.45) is 0 Å². The minimum Gasteiger partial charge on any atom is -0.497 e. The van der Waals surface area contributed by atoms with Crippen LogP contribution in [0.1, 0.15) is 5.56 Å². The molecule has 0 spiro atoms. The third-order valence-electron chi connectivity index (χ3n) is 4.86.